The Morgan fingerprint density at radius 1 is 0.900 bits per heavy atom. The molecular formula is C7H11K3O9P+3. The van der Waals surface area contributed by atoms with E-state index in [0.29, 0.717) is 0 Å². The van der Waals surface area contributed by atoms with Crippen molar-refractivity contribution in [3.05, 3.63) is 0 Å². The summed E-state index contributed by atoms with van der Waals surface area (Å²) < 4.78 is 11.1. The van der Waals surface area contributed by atoms with E-state index in [1.54, 1.807) is 0 Å². The largest absolute Gasteiger partial charge is 1.00 e. The van der Waals surface area contributed by atoms with Crippen LogP contribution in [0.4, 0.5) is 0 Å². The van der Waals surface area contributed by atoms with Gasteiger partial charge in [-0.05, 0) is 6.42 Å². The maximum atomic E-state index is 11.1. The Kier molecular flexibility index (Phi) is 21.5. The van der Waals surface area contributed by atoms with Crippen molar-refractivity contribution in [3.8, 4) is 0 Å². The van der Waals surface area contributed by atoms with Crippen molar-refractivity contribution in [1.82, 2.24) is 0 Å². The summed E-state index contributed by atoms with van der Waals surface area (Å²) in [5.74, 6) is -5.25. The summed E-state index contributed by atoms with van der Waals surface area (Å²) in [5.41, 5.74) is 0. The Balaban J connectivity index is -0.000000427. The molecule has 0 heterocycles. The predicted molar refractivity (Wildman–Crippen MR) is 51.5 cm³/mol. The molecule has 0 spiro atoms. The van der Waals surface area contributed by atoms with Gasteiger partial charge in [0, 0.05) is 6.42 Å². The van der Waals surface area contributed by atoms with E-state index in [-0.39, 0.29) is 154 Å². The molecule has 0 radical (unpaired) electrons. The van der Waals surface area contributed by atoms with E-state index in [0.717, 1.165) is 0 Å². The molecule has 9 nitrogen and oxygen atoms in total. The molecule has 0 aliphatic carbocycles. The minimum Gasteiger partial charge on any atom is -0.481 e. The quantitative estimate of drug-likeness (QED) is 0.210. The monoisotopic (exact) mass is 387 g/mol. The van der Waals surface area contributed by atoms with E-state index < -0.39 is 49.9 Å². The standard InChI is InChI=1S/C7H11O9P.3K/c8-4(9)1-2-7(6(12)13,3-5(10)11)17(14,15)16;;;/h1-3H2,(H,8,9)(H,10,11)(H,12,13)(H2,14,15,16);;;/q;3*+1. The molecular weight excluding hydrogens is 376 g/mol. The van der Waals surface area contributed by atoms with Crippen LogP contribution in [0.5, 0.6) is 0 Å². The maximum Gasteiger partial charge on any atom is 1.00 e. The number of rotatable bonds is 7. The van der Waals surface area contributed by atoms with Crippen LogP contribution in [0.1, 0.15) is 19.3 Å². The first-order valence-electron chi connectivity index (χ1n) is 4.25. The van der Waals surface area contributed by atoms with Gasteiger partial charge in [-0.15, -0.1) is 0 Å². The van der Waals surface area contributed by atoms with Crippen molar-refractivity contribution < 1.29 is 198 Å². The van der Waals surface area contributed by atoms with Crippen LogP contribution in [0.15, 0.2) is 0 Å². The van der Waals surface area contributed by atoms with Crippen molar-refractivity contribution >= 4 is 25.5 Å². The van der Waals surface area contributed by atoms with Crippen molar-refractivity contribution in [3.63, 3.8) is 0 Å². The summed E-state index contributed by atoms with van der Waals surface area (Å²) in [5, 5.41) is 22.7. The molecule has 20 heavy (non-hydrogen) atoms. The van der Waals surface area contributed by atoms with Gasteiger partial charge in [0.05, 0.1) is 6.42 Å². The molecule has 1 unspecified atom stereocenters. The Bertz CT molecular complexity index is 395. The van der Waals surface area contributed by atoms with Gasteiger partial charge in [0.1, 0.15) is 0 Å². The number of hydrogen-bond acceptors (Lipinski definition) is 4. The molecule has 0 bridgehead atoms. The molecule has 5 N–H and O–H groups in total. The molecule has 98 valence electrons. The Morgan fingerprint density at radius 2 is 1.30 bits per heavy atom. The molecule has 1 atom stereocenters. The smallest absolute Gasteiger partial charge is 0.481 e. The normalized spacial score (nSPS) is 12.7. The van der Waals surface area contributed by atoms with Gasteiger partial charge in [-0.1, -0.05) is 0 Å². The topological polar surface area (TPSA) is 169 Å². The first-order chi connectivity index (χ1) is 7.53. The van der Waals surface area contributed by atoms with Crippen LogP contribution >= 0.6 is 7.60 Å². The molecule has 0 aliphatic rings. The zero-order chi connectivity index (χ0) is 13.9. The minimum absolute atomic E-state index is 0. The molecule has 0 fully saturated rings. The van der Waals surface area contributed by atoms with E-state index >= 15 is 0 Å². The third kappa shape index (κ3) is 10.4. The van der Waals surface area contributed by atoms with Gasteiger partial charge in [0.25, 0.3) is 0 Å². The number of carbonyl (C=O) groups is 3. The van der Waals surface area contributed by atoms with Crippen LogP contribution in [0.2, 0.25) is 0 Å². The summed E-state index contributed by atoms with van der Waals surface area (Å²) >= 11 is 0. The van der Waals surface area contributed by atoms with E-state index in [2.05, 4.69) is 0 Å². The summed E-state index contributed by atoms with van der Waals surface area (Å²) in [4.78, 5) is 49.5. The van der Waals surface area contributed by atoms with Gasteiger partial charge in [0.15, 0.2) is 5.16 Å². The molecule has 0 saturated carbocycles. The average molecular weight is 387 g/mol. The van der Waals surface area contributed by atoms with Gasteiger partial charge in [-0.2, -0.15) is 0 Å². The molecule has 0 aromatic heterocycles. The zero-order valence-electron chi connectivity index (χ0n) is 11.4. The van der Waals surface area contributed by atoms with Crippen molar-refractivity contribution in [2.75, 3.05) is 0 Å². The maximum absolute atomic E-state index is 11.1. The van der Waals surface area contributed by atoms with Crippen LogP contribution in [-0.2, 0) is 18.9 Å². The van der Waals surface area contributed by atoms with E-state index in [9.17, 15) is 18.9 Å². The average Bonchev–Trinajstić information content (AvgIpc) is 2.08. The van der Waals surface area contributed by atoms with Crippen LogP contribution in [0, 0.1) is 0 Å². The van der Waals surface area contributed by atoms with Crippen LogP contribution in [0.3, 0.4) is 0 Å². The Hall–Kier alpha value is 3.47. The van der Waals surface area contributed by atoms with Crippen LogP contribution < -0.4 is 154 Å². The summed E-state index contributed by atoms with van der Waals surface area (Å²) in [7, 11) is -5.32. The summed E-state index contributed by atoms with van der Waals surface area (Å²) in [6, 6.07) is 0. The SMILES string of the molecule is O=C(O)CCC(CC(=O)O)(C(=O)O)P(=O)(O)O.[K+].[K+].[K+]. The fourth-order valence-electron chi connectivity index (χ4n) is 1.21. The number of carboxylic acids is 3. The minimum atomic E-state index is -5.32. The Labute approximate surface area is 242 Å². The molecule has 0 amide bonds. The van der Waals surface area contributed by atoms with Gasteiger partial charge < -0.3 is 25.1 Å². The molecule has 0 aromatic carbocycles. The van der Waals surface area contributed by atoms with Crippen LogP contribution in [0.25, 0.3) is 0 Å². The molecule has 0 rings (SSSR count). The van der Waals surface area contributed by atoms with E-state index in [4.69, 9.17) is 25.1 Å². The second-order valence-electron chi connectivity index (χ2n) is 3.35. The molecule has 0 saturated heterocycles. The van der Waals surface area contributed by atoms with Gasteiger partial charge >= 0.3 is 180 Å². The van der Waals surface area contributed by atoms with Crippen molar-refractivity contribution in [2.45, 2.75) is 24.4 Å². The third-order valence-corrected chi connectivity index (χ3v) is 3.84. The van der Waals surface area contributed by atoms with Crippen molar-refractivity contribution in [1.29, 1.82) is 0 Å². The molecule has 0 aliphatic heterocycles. The second-order valence-corrected chi connectivity index (χ2v) is 5.29. The first-order valence-corrected chi connectivity index (χ1v) is 5.87. The predicted octanol–water partition coefficient (Wildman–Crippen LogP) is -9.66. The fraction of sp³-hybridized carbons (Fsp3) is 0.571. The van der Waals surface area contributed by atoms with Crippen molar-refractivity contribution in [2.24, 2.45) is 0 Å². The van der Waals surface area contributed by atoms with Gasteiger partial charge in [-0.3, -0.25) is 18.9 Å². The number of carboxylic acid groups (broad SMARTS) is 3. The molecule has 13 heteroatoms. The Morgan fingerprint density at radius 3 is 1.50 bits per heavy atom. The number of hydrogen-bond donors (Lipinski definition) is 5. The van der Waals surface area contributed by atoms with E-state index in [1.165, 1.54) is 0 Å². The third-order valence-electron chi connectivity index (χ3n) is 2.15. The zero-order valence-corrected chi connectivity index (χ0v) is 21.7. The molecule has 0 aromatic rings. The first kappa shape index (κ1) is 31.3. The summed E-state index contributed by atoms with van der Waals surface area (Å²) in [6.45, 7) is 0. The van der Waals surface area contributed by atoms with E-state index in [1.807, 2.05) is 0 Å². The summed E-state index contributed by atoms with van der Waals surface area (Å²) in [6.07, 6.45) is -3.17. The van der Waals surface area contributed by atoms with Gasteiger partial charge in [0.2, 0.25) is 0 Å². The second kappa shape index (κ2) is 13.7. The number of aliphatic carboxylic acids is 3. The van der Waals surface area contributed by atoms with Crippen LogP contribution in [-0.4, -0.2) is 48.2 Å². The van der Waals surface area contributed by atoms with Gasteiger partial charge in [-0.25, -0.2) is 0 Å². The fourth-order valence-corrected chi connectivity index (χ4v) is 2.20.